The zero-order chi connectivity index (χ0) is 12.3. The molecule has 3 N–H and O–H groups in total. The van der Waals surface area contributed by atoms with Crippen molar-refractivity contribution < 1.29 is 13.2 Å². The van der Waals surface area contributed by atoms with Crippen LogP contribution in [0.4, 0.5) is 18.9 Å². The Morgan fingerprint density at radius 2 is 2.06 bits per heavy atom. The molecule has 0 aliphatic heterocycles. The average Bonchev–Trinajstić information content (AvgIpc) is 2.13. The molecule has 0 saturated heterocycles. The third kappa shape index (κ3) is 3.97. The van der Waals surface area contributed by atoms with E-state index in [9.17, 15) is 13.2 Å². The maximum atomic E-state index is 11.9. The van der Waals surface area contributed by atoms with Gasteiger partial charge in [-0.2, -0.15) is 13.2 Å². The van der Waals surface area contributed by atoms with Crippen LogP contribution >= 0.6 is 28.1 Å². The molecular formula is C9H8BrF3N2S. The molecule has 0 aliphatic carbocycles. The minimum atomic E-state index is -4.24. The Morgan fingerprint density at radius 1 is 1.44 bits per heavy atom. The fourth-order valence-electron chi connectivity index (χ4n) is 1.03. The van der Waals surface area contributed by atoms with E-state index in [0.717, 1.165) is 0 Å². The van der Waals surface area contributed by atoms with E-state index in [-0.39, 0.29) is 4.99 Å². The number of rotatable bonds is 3. The quantitative estimate of drug-likeness (QED) is 0.842. The number of nitrogens with one attached hydrogen (secondary N) is 1. The van der Waals surface area contributed by atoms with Gasteiger partial charge in [0.25, 0.3) is 0 Å². The van der Waals surface area contributed by atoms with Gasteiger partial charge in [0.05, 0.1) is 0 Å². The molecule has 1 aromatic carbocycles. The molecule has 0 spiro atoms. The minimum Gasteiger partial charge on any atom is -0.389 e. The van der Waals surface area contributed by atoms with Gasteiger partial charge < -0.3 is 11.1 Å². The second-order valence-corrected chi connectivity index (χ2v) is 4.32. The van der Waals surface area contributed by atoms with Gasteiger partial charge >= 0.3 is 6.18 Å². The highest BCUT2D eigenvalue weighted by Crippen LogP contribution is 2.23. The molecular weight excluding hydrogens is 305 g/mol. The van der Waals surface area contributed by atoms with Crippen LogP contribution < -0.4 is 11.1 Å². The standard InChI is InChI=1S/C9H8BrF3N2S/c10-7-3-5(15-4-9(11,12)13)1-2-6(7)8(14)16/h1-3,15H,4H2,(H2,14,16). The van der Waals surface area contributed by atoms with Crippen LogP contribution in [0.25, 0.3) is 0 Å². The molecule has 0 atom stereocenters. The normalized spacial score (nSPS) is 11.2. The van der Waals surface area contributed by atoms with Crippen molar-refractivity contribution in [2.75, 3.05) is 11.9 Å². The SMILES string of the molecule is NC(=S)c1ccc(NCC(F)(F)F)cc1Br. The summed E-state index contributed by atoms with van der Waals surface area (Å²) in [6, 6.07) is 4.55. The van der Waals surface area contributed by atoms with Gasteiger partial charge in [0.1, 0.15) is 11.5 Å². The molecule has 1 rings (SSSR count). The van der Waals surface area contributed by atoms with E-state index in [1.54, 1.807) is 6.07 Å². The Morgan fingerprint density at radius 3 is 2.50 bits per heavy atom. The first-order valence-corrected chi connectivity index (χ1v) is 5.40. The Kier molecular flexibility index (Phi) is 4.15. The van der Waals surface area contributed by atoms with E-state index in [0.29, 0.717) is 15.7 Å². The van der Waals surface area contributed by atoms with Crippen LogP contribution in [0.3, 0.4) is 0 Å². The monoisotopic (exact) mass is 312 g/mol. The molecule has 0 bridgehead atoms. The van der Waals surface area contributed by atoms with Gasteiger partial charge in [0.15, 0.2) is 0 Å². The van der Waals surface area contributed by atoms with E-state index in [1.807, 2.05) is 0 Å². The van der Waals surface area contributed by atoms with Crippen molar-refractivity contribution in [3.63, 3.8) is 0 Å². The molecule has 16 heavy (non-hydrogen) atoms. The number of benzene rings is 1. The molecule has 0 unspecified atom stereocenters. The number of anilines is 1. The molecule has 0 saturated carbocycles. The highest BCUT2D eigenvalue weighted by Gasteiger charge is 2.26. The lowest BCUT2D eigenvalue weighted by Crippen LogP contribution is -2.21. The first-order chi connectivity index (χ1) is 7.29. The Bertz CT molecular complexity index is 406. The molecule has 0 aliphatic rings. The van der Waals surface area contributed by atoms with Crippen LogP contribution in [-0.4, -0.2) is 17.7 Å². The first kappa shape index (κ1) is 13.2. The van der Waals surface area contributed by atoms with Crippen molar-refractivity contribution in [2.24, 2.45) is 5.73 Å². The van der Waals surface area contributed by atoms with E-state index in [2.05, 4.69) is 21.2 Å². The molecule has 0 fully saturated rings. The van der Waals surface area contributed by atoms with Gasteiger partial charge in [0.2, 0.25) is 0 Å². The van der Waals surface area contributed by atoms with Gasteiger partial charge in [-0.25, -0.2) is 0 Å². The number of hydrogen-bond donors (Lipinski definition) is 2. The Hall–Kier alpha value is -0.820. The lowest BCUT2D eigenvalue weighted by atomic mass is 10.2. The summed E-state index contributed by atoms with van der Waals surface area (Å²) in [4.78, 5) is 0.189. The summed E-state index contributed by atoms with van der Waals surface area (Å²) in [7, 11) is 0. The smallest absolute Gasteiger partial charge is 0.389 e. The molecule has 88 valence electrons. The topological polar surface area (TPSA) is 38.0 Å². The van der Waals surface area contributed by atoms with E-state index >= 15 is 0 Å². The summed E-state index contributed by atoms with van der Waals surface area (Å²) >= 11 is 7.94. The van der Waals surface area contributed by atoms with Crippen LogP contribution in [0, 0.1) is 0 Å². The molecule has 0 aromatic heterocycles. The van der Waals surface area contributed by atoms with Gasteiger partial charge in [-0.3, -0.25) is 0 Å². The number of halogens is 4. The summed E-state index contributed by atoms with van der Waals surface area (Å²) in [5.74, 6) is 0. The summed E-state index contributed by atoms with van der Waals surface area (Å²) in [5.41, 5.74) is 6.35. The number of hydrogen-bond acceptors (Lipinski definition) is 2. The molecule has 0 amide bonds. The minimum absolute atomic E-state index is 0.189. The van der Waals surface area contributed by atoms with E-state index in [4.69, 9.17) is 18.0 Å². The molecule has 0 heterocycles. The lowest BCUT2D eigenvalue weighted by molar-refractivity contribution is -0.115. The second kappa shape index (κ2) is 5.01. The fraction of sp³-hybridized carbons (Fsp3) is 0.222. The van der Waals surface area contributed by atoms with Crippen molar-refractivity contribution in [1.82, 2.24) is 0 Å². The summed E-state index contributed by atoms with van der Waals surface area (Å²) in [6.45, 7) is -1.08. The average molecular weight is 313 g/mol. The van der Waals surface area contributed by atoms with Crippen LogP contribution in [0.2, 0.25) is 0 Å². The highest BCUT2D eigenvalue weighted by molar-refractivity contribution is 9.10. The van der Waals surface area contributed by atoms with Gasteiger partial charge in [0, 0.05) is 15.7 Å². The van der Waals surface area contributed by atoms with E-state index < -0.39 is 12.7 Å². The molecule has 7 heteroatoms. The fourth-order valence-corrected chi connectivity index (χ4v) is 1.93. The Balaban J connectivity index is 2.78. The molecule has 0 radical (unpaired) electrons. The summed E-state index contributed by atoms with van der Waals surface area (Å²) < 4.78 is 36.4. The molecule has 1 aromatic rings. The van der Waals surface area contributed by atoms with Crippen molar-refractivity contribution in [1.29, 1.82) is 0 Å². The van der Waals surface area contributed by atoms with Crippen molar-refractivity contribution in [3.05, 3.63) is 28.2 Å². The van der Waals surface area contributed by atoms with Crippen LogP contribution in [0.5, 0.6) is 0 Å². The van der Waals surface area contributed by atoms with Crippen molar-refractivity contribution in [2.45, 2.75) is 6.18 Å². The number of thiocarbonyl (C=S) groups is 1. The number of nitrogens with two attached hydrogens (primary N) is 1. The third-order valence-corrected chi connectivity index (χ3v) is 2.60. The maximum absolute atomic E-state index is 11.9. The lowest BCUT2D eigenvalue weighted by Gasteiger charge is -2.11. The van der Waals surface area contributed by atoms with Crippen molar-refractivity contribution >= 4 is 38.8 Å². The van der Waals surface area contributed by atoms with Crippen LogP contribution in [0.1, 0.15) is 5.56 Å². The zero-order valence-corrected chi connectivity index (χ0v) is 10.3. The van der Waals surface area contributed by atoms with Gasteiger partial charge in [-0.05, 0) is 34.1 Å². The predicted molar refractivity (Wildman–Crippen MR) is 64.6 cm³/mol. The summed E-state index contributed by atoms with van der Waals surface area (Å²) in [5, 5.41) is 2.25. The van der Waals surface area contributed by atoms with Gasteiger partial charge in [-0.15, -0.1) is 0 Å². The third-order valence-electron chi connectivity index (χ3n) is 1.73. The highest BCUT2D eigenvalue weighted by atomic mass is 79.9. The van der Waals surface area contributed by atoms with Crippen LogP contribution in [0.15, 0.2) is 22.7 Å². The predicted octanol–water partition coefficient (Wildman–Crippen LogP) is 3.06. The van der Waals surface area contributed by atoms with E-state index in [1.165, 1.54) is 12.1 Å². The van der Waals surface area contributed by atoms with Crippen molar-refractivity contribution in [3.8, 4) is 0 Å². The molecule has 2 nitrogen and oxygen atoms in total. The summed E-state index contributed by atoms with van der Waals surface area (Å²) in [6.07, 6.45) is -4.24. The maximum Gasteiger partial charge on any atom is 0.405 e. The van der Waals surface area contributed by atoms with Crippen LogP contribution in [-0.2, 0) is 0 Å². The zero-order valence-electron chi connectivity index (χ0n) is 7.94. The first-order valence-electron chi connectivity index (χ1n) is 4.19. The van der Waals surface area contributed by atoms with Gasteiger partial charge in [-0.1, -0.05) is 12.2 Å². The second-order valence-electron chi connectivity index (χ2n) is 3.03. The largest absolute Gasteiger partial charge is 0.405 e. The number of alkyl halides is 3. The Labute approximate surface area is 104 Å².